The van der Waals surface area contributed by atoms with Gasteiger partial charge in [0, 0.05) is 120 Å². The fourth-order valence-corrected chi connectivity index (χ4v) is 16.5. The third kappa shape index (κ3) is 23.9. The van der Waals surface area contributed by atoms with E-state index in [1.54, 1.807) is 36.0 Å². The number of ether oxygens (including phenoxy) is 3. The molecule has 0 bridgehead atoms. The lowest BCUT2D eigenvalue weighted by atomic mass is 9.49. The van der Waals surface area contributed by atoms with Crippen LogP contribution in [0.3, 0.4) is 0 Å². The first kappa shape index (κ1) is 97.2. The summed E-state index contributed by atoms with van der Waals surface area (Å²) in [7, 11) is -6.54. The highest BCUT2D eigenvalue weighted by atomic mass is 79.9. The van der Waals surface area contributed by atoms with Gasteiger partial charge in [0.2, 0.25) is 0 Å². The van der Waals surface area contributed by atoms with Gasteiger partial charge in [-0.15, -0.1) is 0 Å². The molecule has 6 N–H and O–H groups in total. The molecule has 0 aromatic carbocycles. The van der Waals surface area contributed by atoms with Crippen LogP contribution >= 0.6 is 15.9 Å². The first-order chi connectivity index (χ1) is 62.4. The summed E-state index contributed by atoms with van der Waals surface area (Å²) in [6.45, 7) is 48.4. The number of amides is 1. The molecule has 2 saturated heterocycles. The second-order valence-corrected chi connectivity index (χ2v) is 50.6. The zero-order valence-corrected chi connectivity index (χ0v) is 82.3. The highest BCUT2D eigenvalue weighted by Crippen LogP contribution is 2.44. The van der Waals surface area contributed by atoms with E-state index in [9.17, 15) is 24.9 Å². The fraction of sp³-hybridized carbons (Fsp3) is 0.402. The minimum Gasteiger partial charge on any atom is -0.444 e. The van der Waals surface area contributed by atoms with Crippen molar-refractivity contribution in [1.29, 1.82) is 0 Å². The molecule has 0 aliphatic carbocycles. The second-order valence-electron chi connectivity index (χ2n) is 38.6. The van der Waals surface area contributed by atoms with Gasteiger partial charge in [0.05, 0.1) is 145 Å². The van der Waals surface area contributed by atoms with E-state index in [0.717, 1.165) is 139 Å². The SMILES string of the molecule is CC(C)(C)OC(=O)N1CCn2cc(Br)nc2C1.CC1(C)OB(B2OC(C)(C)C(C)(C)O2)OC1(C)C.Cc1cccc(-c2c(-c3ccc4ncc(B(O)O)cc4n3)ncn2COCC[Si](C)(C)C)n1.Cc1cccc(-c2nc[nH]c2-c2ccc3ncc(-c4cn5c(n4)CNCC5)cc3n2)n1.Cc1cccc(-c2ncn(COCC[Si](C)(C)C)c2-c2ccc3ncc(B(O)O)cc3n2)n1. The lowest BCUT2D eigenvalue weighted by Crippen LogP contribution is -2.41. The van der Waals surface area contributed by atoms with E-state index in [-0.39, 0.29) is 39.4 Å². The Balaban J connectivity index is 0.000000136. The van der Waals surface area contributed by atoms with E-state index in [1.807, 2.05) is 214 Å². The number of imidazole rings is 5. The van der Waals surface area contributed by atoms with Crippen LogP contribution in [0, 0.1) is 20.8 Å². The van der Waals surface area contributed by atoms with Gasteiger partial charge in [-0.1, -0.05) is 57.5 Å². The molecule has 688 valence electrons. The van der Waals surface area contributed by atoms with Gasteiger partial charge < -0.3 is 81.5 Å². The maximum atomic E-state index is 11.9. The van der Waals surface area contributed by atoms with Gasteiger partial charge in [0.25, 0.3) is 0 Å². The molecule has 2 fully saturated rings. The Kier molecular flexibility index (Phi) is 29.6. The van der Waals surface area contributed by atoms with Crippen molar-refractivity contribution < 1.29 is 57.7 Å². The van der Waals surface area contributed by atoms with E-state index < -0.39 is 50.0 Å². The number of fused-ring (bicyclic) bond motifs is 5. The normalized spacial score (nSPS) is 15.4. The number of nitrogens with zero attached hydrogens (tertiary/aromatic N) is 19. The number of halogens is 1. The number of H-pyrrole nitrogens is 1. The van der Waals surface area contributed by atoms with E-state index in [2.05, 4.69) is 127 Å². The van der Waals surface area contributed by atoms with Crippen LogP contribution in [-0.2, 0) is 72.5 Å². The Morgan fingerprint density at radius 2 is 0.947 bits per heavy atom. The standard InChI is InChI=1S/2C23H28BN5O3Si.C23H20N8.C12H24B2O4.C11H16BrN3O2/c1-16-6-5-7-20(27-16)23-22(26-14-29(23)15-32-10-11-33(2,3)4)19-9-8-18-21(28-19)12-17(13-25-18)24(30)31;1-16-6-5-7-19(27-16)22-23(29(14-26-22)15-32-10-11-33(2,3)4)20-9-8-18-21(28-20)12-17(13-25-18)24(30)31;1-14-3-2-4-17(28-14)22-23(27-13-26-22)18-6-5-16-19(29-18)9-15(10-25-16)20-12-31-8-7-24-11-21(31)30-20;1-9(2)10(3,4)16-13(15-9)14-17-11(5,6)12(7,8)18-14;1-11(2,3)17-10(16)15-5-4-14-6-8(12)13-9(14)7-15/h2*5-9,12-14,30-31H,10-11,15H2,1-4H3;2-6,9-10,12-13,24H,7-8,11H2,1H3,(H,26,27);1-8H3;6H,4-5,7H2,1-3H3. The average molecular weight is 1890 g/mol. The molecule has 0 radical (unpaired) electrons. The Hall–Kier alpha value is -10.8. The molecule has 14 aromatic heterocycles. The van der Waals surface area contributed by atoms with Crippen molar-refractivity contribution in [3.63, 3.8) is 0 Å². The number of rotatable bonds is 20. The lowest BCUT2D eigenvalue weighted by Gasteiger charge is -2.32. The highest BCUT2D eigenvalue weighted by Gasteiger charge is 2.64. The molecule has 1 amide bonds. The van der Waals surface area contributed by atoms with Crippen molar-refractivity contribution in [1.82, 2.24) is 103 Å². The topological polar surface area (TPSA) is 394 Å². The average Bonchev–Trinajstić information content (AvgIpc) is 1.59. The molecule has 0 atom stereocenters. The quantitative estimate of drug-likeness (QED) is 0.0305. The van der Waals surface area contributed by atoms with Crippen LogP contribution in [-0.4, -0.2) is 223 Å². The van der Waals surface area contributed by atoms with Crippen LogP contribution in [0.4, 0.5) is 4.79 Å². The Bertz CT molecular complexity index is 6340. The van der Waals surface area contributed by atoms with Gasteiger partial charge >= 0.3 is 34.3 Å². The summed E-state index contributed by atoms with van der Waals surface area (Å²) in [5.74, 6) is 1.93. The van der Waals surface area contributed by atoms with Gasteiger partial charge in [0.15, 0.2) is 0 Å². The molecule has 4 aliphatic rings. The number of nitrogens with one attached hydrogen (secondary N) is 2. The number of pyridine rings is 9. The van der Waals surface area contributed by atoms with Crippen LogP contribution in [0.2, 0.25) is 51.4 Å². The monoisotopic (exact) mass is 1890 g/mol. The molecule has 0 unspecified atom stereocenters. The molecule has 18 heterocycles. The van der Waals surface area contributed by atoms with E-state index >= 15 is 0 Å². The first-order valence-electron chi connectivity index (χ1n) is 44.2. The zero-order chi connectivity index (χ0) is 94.6. The minimum atomic E-state index is -1.61. The third-order valence-corrected chi connectivity index (χ3v) is 27.1. The van der Waals surface area contributed by atoms with E-state index in [0.29, 0.717) is 84.6 Å². The summed E-state index contributed by atoms with van der Waals surface area (Å²) in [6.07, 6.45) is 13.7. The van der Waals surface area contributed by atoms with Crippen molar-refractivity contribution in [2.45, 2.75) is 216 Å². The van der Waals surface area contributed by atoms with Gasteiger partial charge in [-0.05, 0) is 216 Å². The molecule has 0 saturated carbocycles. The zero-order valence-electron chi connectivity index (χ0n) is 78.7. The number of hydrogen-bond donors (Lipinski definition) is 6. The molecule has 33 nitrogen and oxygen atoms in total. The van der Waals surface area contributed by atoms with Crippen LogP contribution in [0.25, 0.3) is 113 Å². The Labute approximate surface area is 781 Å². The molecule has 4 aliphatic heterocycles. The number of aromatic amines is 1. The summed E-state index contributed by atoms with van der Waals surface area (Å²) in [5, 5.41) is 41.4. The van der Waals surface area contributed by atoms with Gasteiger partial charge in [-0.2, -0.15) is 0 Å². The summed E-state index contributed by atoms with van der Waals surface area (Å²) < 4.78 is 50.1. The number of hydrogen-bond acceptors (Lipinski definition) is 27. The second kappa shape index (κ2) is 40.2. The first-order valence-corrected chi connectivity index (χ1v) is 52.4. The molecule has 0 spiro atoms. The summed E-state index contributed by atoms with van der Waals surface area (Å²) in [6, 6.07) is 36.5. The van der Waals surface area contributed by atoms with E-state index in [4.69, 9.17) is 57.7 Å². The summed E-state index contributed by atoms with van der Waals surface area (Å²) in [5.41, 5.74) is 16.5. The maximum absolute atomic E-state index is 11.9. The van der Waals surface area contributed by atoms with Crippen molar-refractivity contribution >= 4 is 110 Å². The summed E-state index contributed by atoms with van der Waals surface area (Å²) in [4.78, 5) is 81.2. The van der Waals surface area contributed by atoms with Gasteiger partial charge in [-0.25, -0.2) is 44.7 Å². The molecule has 14 aromatic rings. The fourth-order valence-electron chi connectivity index (χ4n) is 14.6. The van der Waals surface area contributed by atoms with Crippen LogP contribution in [0.5, 0.6) is 0 Å². The van der Waals surface area contributed by atoms with Crippen LogP contribution in [0.1, 0.15) is 105 Å². The number of aromatic nitrogens is 19. The summed E-state index contributed by atoms with van der Waals surface area (Å²) >= 11 is 3.33. The van der Waals surface area contributed by atoms with Gasteiger partial charge in [0.1, 0.15) is 52.4 Å². The van der Waals surface area contributed by atoms with Crippen LogP contribution < -0.4 is 16.2 Å². The number of aryl methyl sites for hydroxylation is 3. The van der Waals surface area contributed by atoms with E-state index in [1.165, 1.54) is 12.4 Å². The smallest absolute Gasteiger partial charge is 0.444 e. The number of carbonyl (C=O) groups excluding carboxylic acids is 1. The minimum absolute atomic E-state index is 0.275. The van der Waals surface area contributed by atoms with Gasteiger partial charge in [-0.3, -0.25) is 34.8 Å². The molecular weight excluding hydrogens is 1770 g/mol. The van der Waals surface area contributed by atoms with Crippen LogP contribution in [0.15, 0.2) is 164 Å². The molecule has 40 heteroatoms. The predicted molar refractivity (Wildman–Crippen MR) is 522 cm³/mol. The third-order valence-electron chi connectivity index (χ3n) is 23.3. The van der Waals surface area contributed by atoms with Crippen molar-refractivity contribution in [3.8, 4) is 79.6 Å². The number of carbonyl (C=O) groups is 1. The Morgan fingerprint density at radius 3 is 1.45 bits per heavy atom. The molecular formula is C92H116B4BrN21O12Si2. The molecule has 132 heavy (non-hydrogen) atoms. The largest absolute Gasteiger partial charge is 0.490 e. The predicted octanol–water partition coefficient (Wildman–Crippen LogP) is 13.7. The maximum Gasteiger partial charge on any atom is 0.490 e. The lowest BCUT2D eigenvalue weighted by molar-refractivity contribution is 0.00578. The van der Waals surface area contributed by atoms with Crippen molar-refractivity contribution in [3.05, 3.63) is 192 Å². The van der Waals surface area contributed by atoms with Crippen molar-refractivity contribution in [2.75, 3.05) is 26.3 Å². The van der Waals surface area contributed by atoms with Crippen molar-refractivity contribution in [2.24, 2.45) is 0 Å². The Morgan fingerprint density at radius 1 is 0.500 bits per heavy atom. The highest BCUT2D eigenvalue weighted by molar-refractivity contribution is 9.10. The molecule has 18 rings (SSSR count).